The molecule has 1 fully saturated rings. The zero-order valence-corrected chi connectivity index (χ0v) is 26.2. The number of aromatic nitrogens is 3. The van der Waals surface area contributed by atoms with Crippen LogP contribution in [0.25, 0.3) is 0 Å². The fourth-order valence-electron chi connectivity index (χ4n) is 5.17. The standard InChI is InChI=1S/C35H25FN4O11/c36-25-15-39(29-13-26(27(16-41)49-29)48-17-20-7-3-1-4-8-20)35(46)40(32(25)43)31(42)23-18-47-19-24(23)34(45)51-30-22(14-37)11-12-28(38-30)50-33(44)21-9-5-2-6-10-21/h1-12,15,18-19,26-27,29,41H,13,16-17H2/t26-,27+,29+/m0/s1. The Kier molecular flexibility index (Phi) is 10.0. The van der Waals surface area contributed by atoms with E-state index in [1.54, 1.807) is 24.3 Å². The number of benzene rings is 2. The predicted molar refractivity (Wildman–Crippen MR) is 169 cm³/mol. The van der Waals surface area contributed by atoms with Crippen molar-refractivity contribution >= 4 is 17.8 Å². The molecule has 5 aromatic rings. The highest BCUT2D eigenvalue weighted by Gasteiger charge is 2.38. The molecule has 3 aromatic heterocycles. The van der Waals surface area contributed by atoms with Crippen molar-refractivity contribution in [1.82, 2.24) is 14.1 Å². The molecule has 1 aliphatic heterocycles. The minimum Gasteiger partial charge on any atom is -0.471 e. The van der Waals surface area contributed by atoms with E-state index in [1.807, 2.05) is 30.3 Å². The third-order valence-corrected chi connectivity index (χ3v) is 7.72. The number of halogens is 1. The van der Waals surface area contributed by atoms with Crippen molar-refractivity contribution < 1.29 is 47.2 Å². The van der Waals surface area contributed by atoms with Gasteiger partial charge in [0.05, 0.1) is 36.6 Å². The lowest BCUT2D eigenvalue weighted by Gasteiger charge is -2.17. The molecule has 15 nitrogen and oxygen atoms in total. The molecule has 0 spiro atoms. The topological polar surface area (TPSA) is 202 Å². The third-order valence-electron chi connectivity index (χ3n) is 7.72. The van der Waals surface area contributed by atoms with E-state index in [0.29, 0.717) is 10.8 Å². The first-order chi connectivity index (χ1) is 24.7. The first-order valence-electron chi connectivity index (χ1n) is 15.2. The number of carbonyl (C=O) groups excluding carboxylic acids is 3. The van der Waals surface area contributed by atoms with Crippen molar-refractivity contribution in [1.29, 1.82) is 5.26 Å². The number of furan rings is 1. The second kappa shape index (κ2) is 14.9. The van der Waals surface area contributed by atoms with Crippen molar-refractivity contribution in [3.8, 4) is 17.8 Å². The van der Waals surface area contributed by atoms with E-state index in [4.69, 9.17) is 23.4 Å². The van der Waals surface area contributed by atoms with Crippen molar-refractivity contribution in [3.63, 3.8) is 0 Å². The van der Waals surface area contributed by atoms with E-state index in [9.17, 15) is 34.3 Å². The Balaban J connectivity index is 1.24. The minimum absolute atomic E-state index is 0.0466. The van der Waals surface area contributed by atoms with Crippen LogP contribution in [-0.4, -0.2) is 55.9 Å². The van der Waals surface area contributed by atoms with Crippen molar-refractivity contribution in [2.24, 2.45) is 0 Å². The maximum Gasteiger partial charge on any atom is 0.349 e. The predicted octanol–water partition coefficient (Wildman–Crippen LogP) is 3.00. The van der Waals surface area contributed by atoms with Gasteiger partial charge in [0, 0.05) is 12.5 Å². The van der Waals surface area contributed by atoms with Gasteiger partial charge in [0.15, 0.2) is 0 Å². The maximum absolute atomic E-state index is 15.0. The molecule has 1 saturated heterocycles. The SMILES string of the molecule is N#Cc1ccc(OC(=O)c2ccccc2)nc1OC(=O)c1cocc1C(=O)n1c(=O)c(F)cn([C@H]2C[C@H](OCc3ccccc3)[C@@H](CO)O2)c1=O. The minimum atomic E-state index is -1.63. The van der Waals surface area contributed by atoms with Crippen LogP contribution in [0.1, 0.15) is 54.8 Å². The average Bonchev–Trinajstić information content (AvgIpc) is 3.81. The monoisotopic (exact) mass is 696 g/mol. The van der Waals surface area contributed by atoms with Gasteiger partial charge in [-0.2, -0.15) is 19.2 Å². The molecular formula is C35H25FN4O11. The van der Waals surface area contributed by atoms with E-state index < -0.39 is 77.0 Å². The molecule has 6 rings (SSSR count). The van der Waals surface area contributed by atoms with E-state index in [0.717, 1.165) is 18.1 Å². The zero-order valence-electron chi connectivity index (χ0n) is 26.2. The molecule has 258 valence electrons. The van der Waals surface area contributed by atoms with Gasteiger partial charge in [0.1, 0.15) is 42.1 Å². The highest BCUT2D eigenvalue weighted by Crippen LogP contribution is 2.30. The molecule has 0 radical (unpaired) electrons. The van der Waals surface area contributed by atoms with Gasteiger partial charge in [-0.05, 0) is 23.8 Å². The number of hydrogen-bond donors (Lipinski definition) is 1. The van der Waals surface area contributed by atoms with Gasteiger partial charge in [-0.25, -0.2) is 14.4 Å². The molecule has 1 aliphatic rings. The highest BCUT2D eigenvalue weighted by atomic mass is 19.1. The van der Waals surface area contributed by atoms with Crippen molar-refractivity contribution in [3.05, 3.63) is 146 Å². The lowest BCUT2D eigenvalue weighted by molar-refractivity contribution is -0.0661. The second-order valence-electron chi connectivity index (χ2n) is 11.0. The van der Waals surface area contributed by atoms with Crippen molar-refractivity contribution in [2.75, 3.05) is 6.61 Å². The Morgan fingerprint density at radius 1 is 0.961 bits per heavy atom. The number of carbonyl (C=O) groups is 3. The molecular weight excluding hydrogens is 671 g/mol. The van der Waals surface area contributed by atoms with Crippen LogP contribution in [0, 0.1) is 17.1 Å². The smallest absolute Gasteiger partial charge is 0.349 e. The Morgan fingerprint density at radius 2 is 1.67 bits per heavy atom. The summed E-state index contributed by atoms with van der Waals surface area (Å²) in [6, 6.07) is 21.1. The number of nitrogens with zero attached hydrogens (tertiary/aromatic N) is 4. The molecule has 51 heavy (non-hydrogen) atoms. The van der Waals surface area contributed by atoms with Gasteiger partial charge in [-0.3, -0.25) is 14.2 Å². The normalized spacial score (nSPS) is 16.7. The number of aliphatic hydroxyl groups is 1. The van der Waals surface area contributed by atoms with Gasteiger partial charge >= 0.3 is 17.6 Å². The highest BCUT2D eigenvalue weighted by molar-refractivity contribution is 6.06. The summed E-state index contributed by atoms with van der Waals surface area (Å²) in [6.07, 6.45) is -0.897. The molecule has 0 saturated carbocycles. The summed E-state index contributed by atoms with van der Waals surface area (Å²) in [4.78, 5) is 69.6. The number of hydrogen-bond acceptors (Lipinski definition) is 13. The number of ether oxygens (including phenoxy) is 4. The lowest BCUT2D eigenvalue weighted by atomic mass is 10.1. The third kappa shape index (κ3) is 7.26. The van der Waals surface area contributed by atoms with E-state index in [2.05, 4.69) is 4.98 Å². The molecule has 0 bridgehead atoms. The summed E-state index contributed by atoms with van der Waals surface area (Å²) < 4.78 is 42.7. The molecule has 3 atom stereocenters. The average molecular weight is 697 g/mol. The Hall–Kier alpha value is -6.54. The fraction of sp³-hybridized carbons (Fsp3) is 0.171. The van der Waals surface area contributed by atoms with Crippen LogP contribution >= 0.6 is 0 Å². The summed E-state index contributed by atoms with van der Waals surface area (Å²) in [5.41, 5.74) is -3.48. The van der Waals surface area contributed by atoms with Crippen LogP contribution in [0.4, 0.5) is 4.39 Å². The van der Waals surface area contributed by atoms with Crippen LogP contribution < -0.4 is 20.7 Å². The molecule has 16 heteroatoms. The number of esters is 2. The first-order valence-corrected chi connectivity index (χ1v) is 15.2. The van der Waals surface area contributed by atoms with Crippen molar-refractivity contribution in [2.45, 2.75) is 31.5 Å². The van der Waals surface area contributed by atoms with E-state index in [1.165, 1.54) is 24.3 Å². The van der Waals surface area contributed by atoms with Crippen LogP contribution in [0.5, 0.6) is 11.8 Å². The summed E-state index contributed by atoms with van der Waals surface area (Å²) in [7, 11) is 0. The Bertz CT molecular complexity index is 2260. The number of pyridine rings is 1. The summed E-state index contributed by atoms with van der Waals surface area (Å²) in [5.74, 6) is -6.00. The summed E-state index contributed by atoms with van der Waals surface area (Å²) in [5, 5.41) is 19.4. The lowest BCUT2D eigenvalue weighted by Crippen LogP contribution is -2.46. The van der Waals surface area contributed by atoms with Gasteiger partial charge < -0.3 is 28.5 Å². The fourth-order valence-corrected chi connectivity index (χ4v) is 5.17. The molecule has 2 aromatic carbocycles. The molecule has 1 N–H and O–H groups in total. The quantitative estimate of drug-likeness (QED) is 0.209. The van der Waals surface area contributed by atoms with Crippen LogP contribution in [0.15, 0.2) is 106 Å². The zero-order chi connectivity index (χ0) is 36.1. The summed E-state index contributed by atoms with van der Waals surface area (Å²) in [6.45, 7) is -0.361. The first kappa shape index (κ1) is 34.3. The summed E-state index contributed by atoms with van der Waals surface area (Å²) >= 11 is 0. The Morgan fingerprint density at radius 3 is 2.37 bits per heavy atom. The molecule has 0 unspecified atom stereocenters. The van der Waals surface area contributed by atoms with Crippen LogP contribution in [0.3, 0.4) is 0 Å². The second-order valence-corrected chi connectivity index (χ2v) is 11.0. The van der Waals surface area contributed by atoms with Crippen LogP contribution in [-0.2, 0) is 16.1 Å². The van der Waals surface area contributed by atoms with Crippen LogP contribution in [0.2, 0.25) is 0 Å². The number of nitriles is 1. The number of aliphatic hydroxyl groups excluding tert-OH is 1. The van der Waals surface area contributed by atoms with E-state index in [-0.39, 0.29) is 34.6 Å². The molecule has 0 aliphatic carbocycles. The van der Waals surface area contributed by atoms with Gasteiger partial charge in [0.25, 0.3) is 11.5 Å². The Labute approximate surface area is 286 Å². The maximum atomic E-state index is 15.0. The van der Waals surface area contributed by atoms with Gasteiger partial charge in [0.2, 0.25) is 17.6 Å². The van der Waals surface area contributed by atoms with E-state index >= 15 is 4.39 Å². The van der Waals surface area contributed by atoms with Gasteiger partial charge in [-0.1, -0.05) is 48.5 Å². The molecule has 4 heterocycles. The molecule has 0 amide bonds. The largest absolute Gasteiger partial charge is 0.471 e. The number of rotatable bonds is 10. The van der Waals surface area contributed by atoms with Gasteiger partial charge in [-0.15, -0.1) is 0 Å².